The van der Waals surface area contributed by atoms with Gasteiger partial charge in [0.2, 0.25) is 6.79 Å². The molecule has 1 aliphatic heterocycles. The number of unbranched alkanes of at least 4 members (excludes halogenated alkanes) is 3. The zero-order chi connectivity index (χ0) is 22.1. The summed E-state index contributed by atoms with van der Waals surface area (Å²) in [5, 5.41) is 2.79. The first-order valence-electron chi connectivity index (χ1n) is 10.4. The highest BCUT2D eigenvalue weighted by molar-refractivity contribution is 7.97. The Bertz CT molecular complexity index is 933. The van der Waals surface area contributed by atoms with Crippen molar-refractivity contribution >= 4 is 35.4 Å². The van der Waals surface area contributed by atoms with E-state index < -0.39 is 0 Å². The molecule has 1 aromatic heterocycles. The van der Waals surface area contributed by atoms with E-state index in [-0.39, 0.29) is 18.7 Å². The predicted octanol–water partition coefficient (Wildman–Crippen LogP) is 4.83. The lowest BCUT2D eigenvalue weighted by Gasteiger charge is -2.29. The van der Waals surface area contributed by atoms with Crippen LogP contribution < -0.4 is 5.32 Å². The Morgan fingerprint density at radius 3 is 2.68 bits per heavy atom. The van der Waals surface area contributed by atoms with Gasteiger partial charge >= 0.3 is 5.97 Å². The van der Waals surface area contributed by atoms with E-state index in [0.29, 0.717) is 23.7 Å². The summed E-state index contributed by atoms with van der Waals surface area (Å²) in [4.78, 5) is 30.1. The number of ether oxygens (including phenoxy) is 2. The van der Waals surface area contributed by atoms with Crippen molar-refractivity contribution in [2.24, 2.45) is 0 Å². The zero-order valence-corrected chi connectivity index (χ0v) is 18.6. The molecule has 1 amide bonds. The molecule has 8 heteroatoms. The van der Waals surface area contributed by atoms with E-state index in [0.717, 1.165) is 36.1 Å². The van der Waals surface area contributed by atoms with E-state index in [1.807, 2.05) is 24.3 Å². The van der Waals surface area contributed by atoms with Gasteiger partial charge in [0.25, 0.3) is 5.91 Å². The van der Waals surface area contributed by atoms with E-state index in [2.05, 4.69) is 17.2 Å². The van der Waals surface area contributed by atoms with Gasteiger partial charge in [-0.3, -0.25) is 9.59 Å². The number of aromatic nitrogens is 1. The highest BCUT2D eigenvalue weighted by Gasteiger charge is 2.30. The minimum atomic E-state index is -0.357. The molecule has 0 aliphatic carbocycles. The highest BCUT2D eigenvalue weighted by atomic mass is 32.2. The first-order valence-corrected chi connectivity index (χ1v) is 11.1. The van der Waals surface area contributed by atoms with Crippen LogP contribution in [-0.2, 0) is 19.1 Å². The number of carbonyl (C=O) groups is 2. The summed E-state index contributed by atoms with van der Waals surface area (Å²) in [5.41, 5.74) is 1.10. The van der Waals surface area contributed by atoms with Gasteiger partial charge in [0.05, 0.1) is 0 Å². The van der Waals surface area contributed by atoms with Crippen LogP contribution in [0.15, 0.2) is 59.3 Å². The molecule has 1 N–H and O–H groups in total. The summed E-state index contributed by atoms with van der Waals surface area (Å²) in [6.07, 6.45) is 5.99. The van der Waals surface area contributed by atoms with Crippen LogP contribution in [0.4, 0.5) is 5.82 Å². The normalized spacial score (nSPS) is 12.9. The minimum Gasteiger partial charge on any atom is -0.454 e. The average molecular weight is 442 g/mol. The maximum absolute atomic E-state index is 13.0. The number of likely N-dealkylation sites (N-methyl/N-ethyl adjacent to an activating group) is 1. The minimum absolute atomic E-state index is 0.255. The van der Waals surface area contributed by atoms with Gasteiger partial charge in [-0.1, -0.05) is 44.4 Å². The van der Waals surface area contributed by atoms with Gasteiger partial charge in [-0.15, -0.1) is 0 Å². The van der Waals surface area contributed by atoms with Crippen molar-refractivity contribution < 1.29 is 19.1 Å². The smallest absolute Gasteiger partial charge is 0.308 e. The second-order valence-corrected chi connectivity index (χ2v) is 8.19. The van der Waals surface area contributed by atoms with Crippen LogP contribution in [-0.4, -0.2) is 35.0 Å². The van der Waals surface area contributed by atoms with Crippen molar-refractivity contribution in [1.29, 1.82) is 0 Å². The number of rotatable bonds is 10. The van der Waals surface area contributed by atoms with Gasteiger partial charge < -0.3 is 19.1 Å². The third-order valence-electron chi connectivity index (χ3n) is 4.68. The number of pyridine rings is 1. The average Bonchev–Trinajstić information content (AvgIpc) is 2.77. The largest absolute Gasteiger partial charge is 0.454 e. The van der Waals surface area contributed by atoms with Gasteiger partial charge in [0.15, 0.2) is 11.5 Å². The molecule has 2 aromatic rings. The molecule has 0 saturated carbocycles. The lowest BCUT2D eigenvalue weighted by Crippen LogP contribution is -2.28. The number of esters is 1. The summed E-state index contributed by atoms with van der Waals surface area (Å²) in [6, 6.07) is 12.9. The molecular weight excluding hydrogens is 414 g/mol. The number of anilines is 1. The van der Waals surface area contributed by atoms with Crippen molar-refractivity contribution in [3.63, 3.8) is 0 Å². The van der Waals surface area contributed by atoms with Crippen molar-refractivity contribution in [2.45, 2.75) is 43.9 Å². The fourth-order valence-electron chi connectivity index (χ4n) is 3.12. The molecule has 164 valence electrons. The van der Waals surface area contributed by atoms with Crippen molar-refractivity contribution in [3.05, 3.63) is 59.9 Å². The Hall–Kier alpha value is -3.00. The molecule has 0 fully saturated rings. The first kappa shape index (κ1) is 22.7. The van der Waals surface area contributed by atoms with Crippen LogP contribution in [0.5, 0.6) is 0 Å². The number of hydrogen-bond acceptors (Lipinski definition) is 7. The molecule has 0 radical (unpaired) electrons. The quantitative estimate of drug-likeness (QED) is 0.245. The number of nitrogens with zero attached hydrogens (tertiary/aromatic N) is 2. The number of hydrogen-bond donors (Lipinski definition) is 1. The summed E-state index contributed by atoms with van der Waals surface area (Å²) >= 11 is 1.42. The van der Waals surface area contributed by atoms with Crippen molar-refractivity contribution in [3.8, 4) is 0 Å². The van der Waals surface area contributed by atoms with Gasteiger partial charge in [0, 0.05) is 30.1 Å². The lowest BCUT2D eigenvalue weighted by molar-refractivity contribution is -0.151. The van der Waals surface area contributed by atoms with E-state index in [1.54, 1.807) is 35.7 Å². The van der Waals surface area contributed by atoms with Gasteiger partial charge in [0.1, 0.15) is 5.82 Å². The highest BCUT2D eigenvalue weighted by Crippen LogP contribution is 2.40. The number of carbonyl (C=O) groups excluding carboxylic acids is 2. The maximum atomic E-state index is 13.0. The zero-order valence-electron chi connectivity index (χ0n) is 17.8. The van der Waals surface area contributed by atoms with Gasteiger partial charge in [-0.05, 0) is 42.6 Å². The van der Waals surface area contributed by atoms with Crippen LogP contribution in [0.2, 0.25) is 0 Å². The first-order chi connectivity index (χ1) is 15.1. The molecule has 31 heavy (non-hydrogen) atoms. The Morgan fingerprint density at radius 2 is 1.90 bits per heavy atom. The summed E-state index contributed by atoms with van der Waals surface area (Å²) < 4.78 is 12.8. The maximum Gasteiger partial charge on any atom is 0.308 e. The Kier molecular flexibility index (Phi) is 8.35. The topological polar surface area (TPSA) is 80.8 Å². The molecule has 0 bridgehead atoms. The summed E-state index contributed by atoms with van der Waals surface area (Å²) in [7, 11) is 1.79. The molecule has 0 saturated heterocycles. The third kappa shape index (κ3) is 6.24. The van der Waals surface area contributed by atoms with E-state index in [4.69, 9.17) is 9.47 Å². The fourth-order valence-corrected chi connectivity index (χ4v) is 4.08. The van der Waals surface area contributed by atoms with Crippen LogP contribution in [0.3, 0.4) is 0 Å². The monoisotopic (exact) mass is 441 g/mol. The number of amides is 1. The molecule has 1 aliphatic rings. The fraction of sp³-hybridized carbons (Fsp3) is 0.348. The lowest BCUT2D eigenvalue weighted by atomic mass is 10.1. The standard InChI is InChI=1S/C23H27N3O4S/c1-3-4-5-6-14-20(27)29-16-30-22-17-11-7-8-12-18(17)31-26(2)21(22)23(28)25-19-13-9-10-15-24-19/h7-13,15H,3-6,14,16H2,1-2H3,(H,24,25,28). The van der Waals surface area contributed by atoms with Gasteiger partial charge in [-0.2, -0.15) is 0 Å². The third-order valence-corrected chi connectivity index (χ3v) is 5.69. The summed E-state index contributed by atoms with van der Waals surface area (Å²) in [5.74, 6) is 0.145. The van der Waals surface area contributed by atoms with E-state index >= 15 is 0 Å². The van der Waals surface area contributed by atoms with Crippen LogP contribution in [0.1, 0.15) is 44.6 Å². The number of fused-ring (bicyclic) bond motifs is 1. The predicted molar refractivity (Wildman–Crippen MR) is 121 cm³/mol. The SMILES string of the molecule is CCCCCCC(=O)OCOC1=C(C(=O)Nc2ccccn2)N(C)Sc2ccccc21. The second-order valence-electron chi connectivity index (χ2n) is 7.02. The summed E-state index contributed by atoms with van der Waals surface area (Å²) in [6.45, 7) is 1.87. The molecule has 2 heterocycles. The molecule has 7 nitrogen and oxygen atoms in total. The van der Waals surface area contributed by atoms with Crippen molar-refractivity contribution in [1.82, 2.24) is 9.29 Å². The van der Waals surface area contributed by atoms with Crippen LogP contribution in [0.25, 0.3) is 5.76 Å². The Labute approximate surface area is 187 Å². The molecule has 3 rings (SSSR count). The van der Waals surface area contributed by atoms with Gasteiger partial charge in [-0.25, -0.2) is 4.98 Å². The van der Waals surface area contributed by atoms with E-state index in [9.17, 15) is 9.59 Å². The van der Waals surface area contributed by atoms with Crippen molar-refractivity contribution in [2.75, 3.05) is 19.2 Å². The number of nitrogens with one attached hydrogen (secondary N) is 1. The molecule has 0 atom stereocenters. The van der Waals surface area contributed by atoms with Crippen LogP contribution in [0, 0.1) is 0 Å². The Morgan fingerprint density at radius 1 is 1.10 bits per heavy atom. The molecular formula is C23H27N3O4S. The second kappa shape index (κ2) is 11.4. The molecule has 0 spiro atoms. The van der Waals surface area contributed by atoms with E-state index in [1.165, 1.54) is 11.9 Å². The molecule has 0 unspecified atom stereocenters. The molecule has 1 aromatic carbocycles. The Balaban J connectivity index is 1.74. The van der Waals surface area contributed by atoms with Crippen LogP contribution >= 0.6 is 11.9 Å². The number of benzene rings is 1.